The van der Waals surface area contributed by atoms with Gasteiger partial charge in [-0.2, -0.15) is 0 Å². The lowest BCUT2D eigenvalue weighted by atomic mass is 10.5. The molecular formula is C7H20N2Si. The molecule has 0 rings (SSSR count). The molecule has 0 aliphatic heterocycles. The molecule has 10 heavy (non-hydrogen) atoms. The van der Waals surface area contributed by atoms with Crippen molar-refractivity contribution in [2.24, 2.45) is 0 Å². The van der Waals surface area contributed by atoms with Gasteiger partial charge in [-0.15, -0.1) is 0 Å². The van der Waals surface area contributed by atoms with E-state index >= 15 is 0 Å². The van der Waals surface area contributed by atoms with Gasteiger partial charge in [0.1, 0.15) is 0 Å². The van der Waals surface area contributed by atoms with Crippen LogP contribution in [0.5, 0.6) is 0 Å². The van der Waals surface area contributed by atoms with E-state index in [9.17, 15) is 0 Å². The summed E-state index contributed by atoms with van der Waals surface area (Å²) in [5.41, 5.74) is 0.948. The number of nitrogens with one attached hydrogen (secondary N) is 2. The monoisotopic (exact) mass is 160 g/mol. The third kappa shape index (κ3) is 4.96. The van der Waals surface area contributed by atoms with Crippen LogP contribution in [0.2, 0.25) is 11.6 Å². The summed E-state index contributed by atoms with van der Waals surface area (Å²) < 4.78 is 0. The van der Waals surface area contributed by atoms with Crippen molar-refractivity contribution in [1.29, 1.82) is 0 Å². The van der Waals surface area contributed by atoms with Crippen LogP contribution in [0, 0.1) is 0 Å². The molecule has 2 nitrogen and oxygen atoms in total. The molecule has 62 valence electrons. The maximum absolute atomic E-state index is 3.23. The van der Waals surface area contributed by atoms with Crippen molar-refractivity contribution in [2.45, 2.75) is 31.6 Å². The first-order valence-electron chi connectivity index (χ1n) is 4.05. The number of rotatable bonds is 5. The van der Waals surface area contributed by atoms with Crippen molar-refractivity contribution < 1.29 is 0 Å². The molecular weight excluding hydrogens is 140 g/mol. The van der Waals surface area contributed by atoms with Crippen LogP contribution in [-0.2, 0) is 0 Å². The Morgan fingerprint density at radius 2 is 1.70 bits per heavy atom. The third-order valence-electron chi connectivity index (χ3n) is 1.73. The number of hydrogen-bond acceptors (Lipinski definition) is 2. The summed E-state index contributed by atoms with van der Waals surface area (Å²) in [5.74, 6) is 0. The van der Waals surface area contributed by atoms with Crippen LogP contribution in [0.1, 0.15) is 13.8 Å². The Bertz CT molecular complexity index is 72.0. The molecule has 0 atom stereocenters. The molecule has 0 saturated heterocycles. The second-order valence-corrected chi connectivity index (χ2v) is 5.89. The topological polar surface area (TPSA) is 24.1 Å². The van der Waals surface area contributed by atoms with Gasteiger partial charge in [-0.1, -0.05) is 19.4 Å². The Hall–Kier alpha value is 0.137. The first-order chi connectivity index (χ1) is 4.70. The SMILES string of the molecule is CNC(C[SiH2]C(C)C)NC. The van der Waals surface area contributed by atoms with E-state index in [2.05, 4.69) is 24.5 Å². The van der Waals surface area contributed by atoms with E-state index in [1.54, 1.807) is 0 Å². The number of hydrogen-bond donors (Lipinski definition) is 2. The van der Waals surface area contributed by atoms with Gasteiger partial charge in [-0.05, 0) is 20.1 Å². The van der Waals surface area contributed by atoms with Crippen LogP contribution in [0.25, 0.3) is 0 Å². The molecule has 0 heterocycles. The lowest BCUT2D eigenvalue weighted by molar-refractivity contribution is 0.533. The van der Waals surface area contributed by atoms with Crippen molar-refractivity contribution in [3.05, 3.63) is 0 Å². The fourth-order valence-corrected chi connectivity index (χ4v) is 2.51. The molecule has 3 heteroatoms. The van der Waals surface area contributed by atoms with Crippen LogP contribution >= 0.6 is 0 Å². The molecule has 0 aromatic rings. The molecule has 2 N–H and O–H groups in total. The lowest BCUT2D eigenvalue weighted by Gasteiger charge is -2.15. The van der Waals surface area contributed by atoms with Crippen LogP contribution in [0.15, 0.2) is 0 Å². The minimum absolute atomic E-state index is 0.152. The van der Waals surface area contributed by atoms with E-state index in [0.29, 0.717) is 6.17 Å². The Morgan fingerprint density at radius 3 is 2.00 bits per heavy atom. The van der Waals surface area contributed by atoms with Gasteiger partial charge in [0.05, 0.1) is 6.17 Å². The van der Waals surface area contributed by atoms with Crippen molar-refractivity contribution in [3.8, 4) is 0 Å². The fraction of sp³-hybridized carbons (Fsp3) is 1.00. The molecule has 0 aliphatic carbocycles. The first kappa shape index (κ1) is 10.1. The Balaban J connectivity index is 3.26. The summed E-state index contributed by atoms with van der Waals surface area (Å²) in [6.07, 6.45) is 0.550. The quantitative estimate of drug-likeness (QED) is 0.442. The highest BCUT2D eigenvalue weighted by atomic mass is 28.2. The van der Waals surface area contributed by atoms with Crippen LogP contribution in [0.3, 0.4) is 0 Å². The summed E-state index contributed by atoms with van der Waals surface area (Å²) in [5, 5.41) is 6.46. The molecule has 0 fully saturated rings. The standard InChI is InChI=1S/C7H20N2Si/c1-6(2)10-5-7(8-3)9-4/h6-9H,5,10H2,1-4H3. The first-order valence-corrected chi connectivity index (χ1v) is 5.87. The molecule has 0 aliphatic rings. The zero-order chi connectivity index (χ0) is 7.98. The van der Waals surface area contributed by atoms with Gasteiger partial charge in [-0.25, -0.2) is 0 Å². The van der Waals surface area contributed by atoms with Crippen molar-refractivity contribution in [1.82, 2.24) is 10.6 Å². The Labute approximate surface area is 66.6 Å². The summed E-state index contributed by atoms with van der Waals surface area (Å²) in [7, 11) is 4.17. The molecule has 0 unspecified atom stereocenters. The minimum Gasteiger partial charge on any atom is -0.305 e. The van der Waals surface area contributed by atoms with Crippen molar-refractivity contribution >= 4 is 9.52 Å². The normalized spacial score (nSPS) is 12.6. The van der Waals surface area contributed by atoms with Gasteiger partial charge in [0, 0.05) is 9.52 Å². The third-order valence-corrected chi connectivity index (χ3v) is 3.79. The largest absolute Gasteiger partial charge is 0.305 e. The summed E-state index contributed by atoms with van der Waals surface area (Å²) in [4.78, 5) is 0. The molecule has 0 aromatic carbocycles. The zero-order valence-corrected chi connectivity index (χ0v) is 8.98. The highest BCUT2D eigenvalue weighted by Gasteiger charge is 2.02. The summed E-state index contributed by atoms with van der Waals surface area (Å²) in [6, 6.07) is 1.35. The van der Waals surface area contributed by atoms with Gasteiger partial charge in [-0.3, -0.25) is 0 Å². The molecule has 0 saturated carbocycles. The average Bonchev–Trinajstić information content (AvgIpc) is 1.90. The van der Waals surface area contributed by atoms with Crippen LogP contribution < -0.4 is 10.6 Å². The van der Waals surface area contributed by atoms with E-state index in [0.717, 1.165) is 5.54 Å². The van der Waals surface area contributed by atoms with Gasteiger partial charge >= 0.3 is 0 Å². The maximum Gasteiger partial charge on any atom is 0.0537 e. The van der Waals surface area contributed by atoms with Crippen molar-refractivity contribution in [2.75, 3.05) is 14.1 Å². The van der Waals surface area contributed by atoms with E-state index in [4.69, 9.17) is 0 Å². The highest BCUT2D eigenvalue weighted by Crippen LogP contribution is 2.01. The predicted molar refractivity (Wildman–Crippen MR) is 50.4 cm³/mol. The van der Waals surface area contributed by atoms with E-state index in [-0.39, 0.29) is 9.52 Å². The smallest absolute Gasteiger partial charge is 0.0537 e. The maximum atomic E-state index is 3.23. The van der Waals surface area contributed by atoms with Gasteiger partial charge < -0.3 is 10.6 Å². The van der Waals surface area contributed by atoms with E-state index in [1.807, 2.05) is 14.1 Å². The Morgan fingerprint density at radius 1 is 1.20 bits per heavy atom. The van der Waals surface area contributed by atoms with Crippen molar-refractivity contribution in [3.63, 3.8) is 0 Å². The lowest BCUT2D eigenvalue weighted by Crippen LogP contribution is -2.38. The highest BCUT2D eigenvalue weighted by molar-refractivity contribution is 6.37. The van der Waals surface area contributed by atoms with E-state index in [1.165, 1.54) is 6.04 Å². The summed E-state index contributed by atoms with van der Waals surface area (Å²) >= 11 is 0. The zero-order valence-electron chi connectivity index (χ0n) is 7.57. The van der Waals surface area contributed by atoms with Crippen LogP contribution in [0.4, 0.5) is 0 Å². The van der Waals surface area contributed by atoms with E-state index < -0.39 is 0 Å². The minimum atomic E-state index is 0.152. The molecule has 0 radical (unpaired) electrons. The van der Waals surface area contributed by atoms with Gasteiger partial charge in [0.15, 0.2) is 0 Å². The molecule has 0 bridgehead atoms. The van der Waals surface area contributed by atoms with Crippen LogP contribution in [-0.4, -0.2) is 29.8 Å². The average molecular weight is 160 g/mol. The second-order valence-electron chi connectivity index (χ2n) is 3.10. The Kier molecular flexibility index (Phi) is 5.97. The van der Waals surface area contributed by atoms with Gasteiger partial charge in [0.2, 0.25) is 0 Å². The molecule has 0 spiro atoms. The predicted octanol–water partition coefficient (Wildman–Crippen LogP) is 0.167. The molecule has 0 amide bonds. The second kappa shape index (κ2) is 5.89. The fourth-order valence-electron chi connectivity index (χ4n) is 0.933. The van der Waals surface area contributed by atoms with Gasteiger partial charge in [0.25, 0.3) is 0 Å². The molecule has 0 aromatic heterocycles. The summed E-state index contributed by atoms with van der Waals surface area (Å²) in [6.45, 7) is 4.63.